The Kier molecular flexibility index (Phi) is 3.31. The SMILES string of the molecule is CS(=O)(=O)c1ccccc1OCC(=O)O. The van der Waals surface area contributed by atoms with Crippen LogP contribution in [0.5, 0.6) is 5.75 Å². The van der Waals surface area contributed by atoms with Crippen LogP contribution in [0.3, 0.4) is 0 Å². The van der Waals surface area contributed by atoms with Crippen molar-refractivity contribution >= 4 is 15.8 Å². The van der Waals surface area contributed by atoms with Crippen LogP contribution < -0.4 is 4.74 Å². The lowest BCUT2D eigenvalue weighted by molar-refractivity contribution is -0.139. The summed E-state index contributed by atoms with van der Waals surface area (Å²) in [5.41, 5.74) is 0. The summed E-state index contributed by atoms with van der Waals surface area (Å²) < 4.78 is 27.4. The van der Waals surface area contributed by atoms with Gasteiger partial charge in [-0.2, -0.15) is 0 Å². The van der Waals surface area contributed by atoms with Crippen LogP contribution in [0.1, 0.15) is 0 Å². The average Bonchev–Trinajstić information content (AvgIpc) is 2.13. The summed E-state index contributed by atoms with van der Waals surface area (Å²) in [6.45, 7) is -0.563. The van der Waals surface area contributed by atoms with Gasteiger partial charge in [0.25, 0.3) is 0 Å². The van der Waals surface area contributed by atoms with E-state index in [1.54, 1.807) is 12.1 Å². The monoisotopic (exact) mass is 230 g/mol. The van der Waals surface area contributed by atoms with Crippen LogP contribution in [0.4, 0.5) is 0 Å². The second kappa shape index (κ2) is 4.31. The van der Waals surface area contributed by atoms with Crippen LogP contribution in [-0.2, 0) is 14.6 Å². The molecule has 1 aromatic rings. The van der Waals surface area contributed by atoms with E-state index in [0.717, 1.165) is 6.26 Å². The fourth-order valence-corrected chi connectivity index (χ4v) is 1.83. The van der Waals surface area contributed by atoms with Crippen molar-refractivity contribution < 1.29 is 23.1 Å². The van der Waals surface area contributed by atoms with Crippen molar-refractivity contribution in [1.29, 1.82) is 0 Å². The standard InChI is InChI=1S/C9H10O5S/c1-15(12,13)8-5-3-2-4-7(8)14-6-9(10)11/h2-5H,6H2,1H3,(H,10,11). The fraction of sp³-hybridized carbons (Fsp3) is 0.222. The summed E-state index contributed by atoms with van der Waals surface area (Å²) in [4.78, 5) is 10.3. The minimum absolute atomic E-state index is 0.00810. The predicted molar refractivity (Wildman–Crippen MR) is 52.7 cm³/mol. The highest BCUT2D eigenvalue weighted by Crippen LogP contribution is 2.22. The maximum Gasteiger partial charge on any atom is 0.341 e. The van der Waals surface area contributed by atoms with Crippen molar-refractivity contribution in [2.24, 2.45) is 0 Å². The Hall–Kier alpha value is -1.56. The lowest BCUT2D eigenvalue weighted by Gasteiger charge is -2.07. The van der Waals surface area contributed by atoms with Gasteiger partial charge in [0.1, 0.15) is 10.6 Å². The zero-order valence-corrected chi connectivity index (χ0v) is 8.82. The molecule has 82 valence electrons. The molecule has 6 heteroatoms. The molecule has 0 saturated heterocycles. The van der Waals surface area contributed by atoms with E-state index in [0.29, 0.717) is 0 Å². The molecular formula is C9H10O5S. The Labute approximate surface area is 87.2 Å². The molecule has 0 radical (unpaired) electrons. The van der Waals surface area contributed by atoms with Crippen LogP contribution in [0, 0.1) is 0 Å². The summed E-state index contributed by atoms with van der Waals surface area (Å²) in [6, 6.07) is 5.90. The van der Waals surface area contributed by atoms with Gasteiger partial charge in [0.2, 0.25) is 0 Å². The number of ether oxygens (including phenoxy) is 1. The fourth-order valence-electron chi connectivity index (χ4n) is 1.02. The Bertz CT molecular complexity index is 463. The topological polar surface area (TPSA) is 80.7 Å². The lowest BCUT2D eigenvalue weighted by atomic mass is 10.3. The molecule has 0 atom stereocenters. The first-order valence-corrected chi connectivity index (χ1v) is 5.94. The highest BCUT2D eigenvalue weighted by Gasteiger charge is 2.14. The average molecular weight is 230 g/mol. The van der Waals surface area contributed by atoms with Crippen molar-refractivity contribution in [1.82, 2.24) is 0 Å². The first-order valence-electron chi connectivity index (χ1n) is 4.05. The summed E-state index contributed by atoms with van der Waals surface area (Å²) in [5.74, 6) is -1.10. The van der Waals surface area contributed by atoms with Crippen molar-refractivity contribution in [2.75, 3.05) is 12.9 Å². The number of rotatable bonds is 4. The molecule has 0 bridgehead atoms. The number of hydrogen-bond donors (Lipinski definition) is 1. The Morgan fingerprint density at radius 2 is 2.00 bits per heavy atom. The molecule has 0 aromatic heterocycles. The molecule has 1 aromatic carbocycles. The molecule has 0 amide bonds. The smallest absolute Gasteiger partial charge is 0.341 e. The normalized spacial score (nSPS) is 11.0. The van der Waals surface area contributed by atoms with E-state index in [1.165, 1.54) is 12.1 Å². The summed E-state index contributed by atoms with van der Waals surface area (Å²) >= 11 is 0. The third kappa shape index (κ3) is 3.25. The predicted octanol–water partition coefficient (Wildman–Crippen LogP) is 0.554. The molecule has 0 fully saturated rings. The maximum atomic E-state index is 11.3. The molecule has 0 spiro atoms. The second-order valence-electron chi connectivity index (χ2n) is 2.90. The van der Waals surface area contributed by atoms with E-state index in [2.05, 4.69) is 0 Å². The second-order valence-corrected chi connectivity index (χ2v) is 4.89. The molecule has 0 aliphatic rings. The van der Waals surface area contributed by atoms with Crippen LogP contribution in [-0.4, -0.2) is 32.4 Å². The van der Waals surface area contributed by atoms with Crippen molar-refractivity contribution in [3.63, 3.8) is 0 Å². The molecular weight excluding hydrogens is 220 g/mol. The zero-order chi connectivity index (χ0) is 11.5. The number of hydrogen-bond acceptors (Lipinski definition) is 4. The minimum atomic E-state index is -3.40. The first-order chi connectivity index (χ1) is 6.91. The lowest BCUT2D eigenvalue weighted by Crippen LogP contribution is -2.11. The molecule has 1 N–H and O–H groups in total. The molecule has 15 heavy (non-hydrogen) atoms. The zero-order valence-electron chi connectivity index (χ0n) is 8.00. The number of para-hydroxylation sites is 1. The van der Waals surface area contributed by atoms with E-state index in [1.807, 2.05) is 0 Å². The van der Waals surface area contributed by atoms with Gasteiger partial charge in [-0.25, -0.2) is 13.2 Å². The van der Waals surface area contributed by atoms with Crippen LogP contribution in [0.25, 0.3) is 0 Å². The number of sulfone groups is 1. The molecule has 0 unspecified atom stereocenters. The van der Waals surface area contributed by atoms with Crippen molar-refractivity contribution in [3.8, 4) is 5.75 Å². The van der Waals surface area contributed by atoms with Crippen molar-refractivity contribution in [2.45, 2.75) is 4.90 Å². The summed E-state index contributed by atoms with van der Waals surface area (Å²) in [5, 5.41) is 8.39. The number of benzene rings is 1. The van der Waals surface area contributed by atoms with E-state index >= 15 is 0 Å². The highest BCUT2D eigenvalue weighted by atomic mass is 32.2. The Morgan fingerprint density at radius 1 is 1.40 bits per heavy atom. The van der Waals surface area contributed by atoms with Crippen LogP contribution >= 0.6 is 0 Å². The quantitative estimate of drug-likeness (QED) is 0.817. The molecule has 0 aliphatic heterocycles. The van der Waals surface area contributed by atoms with E-state index in [-0.39, 0.29) is 10.6 Å². The summed E-state index contributed by atoms with van der Waals surface area (Å²) in [6.07, 6.45) is 1.04. The molecule has 0 heterocycles. The first kappa shape index (κ1) is 11.5. The Morgan fingerprint density at radius 3 is 2.53 bits per heavy atom. The van der Waals surface area contributed by atoms with Gasteiger partial charge in [0, 0.05) is 6.26 Å². The third-order valence-electron chi connectivity index (χ3n) is 1.60. The number of carboxylic acids is 1. The van der Waals surface area contributed by atoms with Gasteiger partial charge in [-0.15, -0.1) is 0 Å². The molecule has 0 saturated carbocycles. The third-order valence-corrected chi connectivity index (χ3v) is 2.74. The van der Waals surface area contributed by atoms with Crippen LogP contribution in [0.15, 0.2) is 29.2 Å². The van der Waals surface area contributed by atoms with Gasteiger partial charge in [-0.3, -0.25) is 0 Å². The van der Waals surface area contributed by atoms with Gasteiger partial charge in [0.15, 0.2) is 16.4 Å². The maximum absolute atomic E-state index is 11.3. The molecule has 5 nitrogen and oxygen atoms in total. The molecule has 1 rings (SSSR count). The Balaban J connectivity index is 3.02. The van der Waals surface area contributed by atoms with Gasteiger partial charge < -0.3 is 9.84 Å². The van der Waals surface area contributed by atoms with Gasteiger partial charge in [0.05, 0.1) is 0 Å². The van der Waals surface area contributed by atoms with Gasteiger partial charge in [-0.05, 0) is 12.1 Å². The van der Waals surface area contributed by atoms with E-state index in [4.69, 9.17) is 9.84 Å². The minimum Gasteiger partial charge on any atom is -0.481 e. The van der Waals surface area contributed by atoms with Crippen molar-refractivity contribution in [3.05, 3.63) is 24.3 Å². The number of carboxylic acid groups (broad SMARTS) is 1. The van der Waals surface area contributed by atoms with Gasteiger partial charge in [-0.1, -0.05) is 12.1 Å². The van der Waals surface area contributed by atoms with Crippen LogP contribution in [0.2, 0.25) is 0 Å². The largest absolute Gasteiger partial charge is 0.481 e. The number of carbonyl (C=O) groups is 1. The highest BCUT2D eigenvalue weighted by molar-refractivity contribution is 7.90. The van der Waals surface area contributed by atoms with E-state index < -0.39 is 22.4 Å². The summed E-state index contributed by atoms with van der Waals surface area (Å²) in [7, 11) is -3.40. The van der Waals surface area contributed by atoms with Gasteiger partial charge >= 0.3 is 5.97 Å². The number of aliphatic carboxylic acids is 1. The molecule has 0 aliphatic carbocycles. The van der Waals surface area contributed by atoms with E-state index in [9.17, 15) is 13.2 Å².